The van der Waals surface area contributed by atoms with E-state index in [1.807, 2.05) is 13.0 Å². The van der Waals surface area contributed by atoms with E-state index in [0.29, 0.717) is 12.0 Å². The van der Waals surface area contributed by atoms with Gasteiger partial charge >= 0.3 is 0 Å². The van der Waals surface area contributed by atoms with Gasteiger partial charge in [-0.05, 0) is 44.6 Å². The van der Waals surface area contributed by atoms with Crippen LogP contribution in [0.25, 0.3) is 11.5 Å². The topological polar surface area (TPSA) is 51.6 Å². The Morgan fingerprint density at radius 3 is 2.87 bits per heavy atom. The summed E-state index contributed by atoms with van der Waals surface area (Å²) in [6, 6.07) is 1.88. The molecular formula is C18H24N2O3. The molecule has 0 N–H and O–H groups in total. The molecule has 124 valence electrons. The molecule has 1 atom stereocenters. The Balaban J connectivity index is 1.46. The Morgan fingerprint density at radius 2 is 2.17 bits per heavy atom. The molecule has 0 bridgehead atoms. The van der Waals surface area contributed by atoms with E-state index in [9.17, 15) is 0 Å². The highest BCUT2D eigenvalue weighted by atomic mass is 16.5. The molecule has 1 aliphatic heterocycles. The molecule has 2 aliphatic rings. The molecule has 2 aromatic rings. The van der Waals surface area contributed by atoms with Gasteiger partial charge in [-0.15, -0.1) is 0 Å². The summed E-state index contributed by atoms with van der Waals surface area (Å²) in [5.74, 6) is 2.40. The summed E-state index contributed by atoms with van der Waals surface area (Å²) in [6.45, 7) is 5.89. The first kappa shape index (κ1) is 15.0. The summed E-state index contributed by atoms with van der Waals surface area (Å²) in [4.78, 5) is 7.18. The zero-order chi connectivity index (χ0) is 15.6. The second-order valence-corrected chi connectivity index (χ2v) is 6.81. The summed E-state index contributed by atoms with van der Waals surface area (Å²) in [7, 11) is 0. The van der Waals surface area contributed by atoms with Crippen molar-refractivity contribution in [1.29, 1.82) is 0 Å². The number of aromatic nitrogens is 1. The van der Waals surface area contributed by atoms with E-state index in [2.05, 4.69) is 9.88 Å². The molecule has 4 rings (SSSR count). The van der Waals surface area contributed by atoms with Crippen molar-refractivity contribution in [2.24, 2.45) is 5.92 Å². The molecule has 0 spiro atoms. The van der Waals surface area contributed by atoms with Gasteiger partial charge in [0.15, 0.2) is 0 Å². The smallest absolute Gasteiger partial charge is 0.229 e. The van der Waals surface area contributed by atoms with Gasteiger partial charge < -0.3 is 13.6 Å². The van der Waals surface area contributed by atoms with Crippen molar-refractivity contribution >= 4 is 0 Å². The Kier molecular flexibility index (Phi) is 4.23. The molecule has 23 heavy (non-hydrogen) atoms. The van der Waals surface area contributed by atoms with Crippen LogP contribution in [0.3, 0.4) is 0 Å². The molecule has 0 amide bonds. The van der Waals surface area contributed by atoms with Crippen LogP contribution in [0.15, 0.2) is 27.4 Å². The zero-order valence-corrected chi connectivity index (χ0v) is 13.7. The summed E-state index contributed by atoms with van der Waals surface area (Å²) < 4.78 is 16.8. The van der Waals surface area contributed by atoms with Crippen molar-refractivity contribution < 1.29 is 13.6 Å². The maximum absolute atomic E-state index is 5.82. The van der Waals surface area contributed by atoms with E-state index < -0.39 is 0 Å². The van der Waals surface area contributed by atoms with E-state index in [1.54, 1.807) is 12.5 Å². The van der Waals surface area contributed by atoms with Crippen LogP contribution in [0.2, 0.25) is 0 Å². The summed E-state index contributed by atoms with van der Waals surface area (Å²) in [6.07, 6.45) is 8.79. The molecule has 1 aliphatic carbocycles. The van der Waals surface area contributed by atoms with Crippen molar-refractivity contribution in [2.75, 3.05) is 19.7 Å². The number of rotatable bonds is 7. The lowest BCUT2D eigenvalue weighted by Gasteiger charge is -2.24. The summed E-state index contributed by atoms with van der Waals surface area (Å²) in [5, 5.41) is 0. The van der Waals surface area contributed by atoms with Gasteiger partial charge in [-0.25, -0.2) is 4.98 Å². The quantitative estimate of drug-likeness (QED) is 0.780. The molecule has 2 fully saturated rings. The van der Waals surface area contributed by atoms with Crippen LogP contribution in [0, 0.1) is 12.8 Å². The van der Waals surface area contributed by atoms with Crippen LogP contribution in [0.5, 0.6) is 0 Å². The third kappa shape index (κ3) is 3.67. The van der Waals surface area contributed by atoms with Crippen molar-refractivity contribution in [3.63, 3.8) is 0 Å². The lowest BCUT2D eigenvalue weighted by atomic mass is 10.2. The van der Waals surface area contributed by atoms with E-state index in [-0.39, 0.29) is 0 Å². The fourth-order valence-electron chi connectivity index (χ4n) is 3.24. The van der Waals surface area contributed by atoms with Crippen LogP contribution in [0.1, 0.15) is 37.1 Å². The van der Waals surface area contributed by atoms with Crippen molar-refractivity contribution in [1.82, 2.24) is 9.88 Å². The fourth-order valence-corrected chi connectivity index (χ4v) is 3.24. The molecule has 2 aromatic heterocycles. The number of oxazole rings is 1. The van der Waals surface area contributed by atoms with Gasteiger partial charge in [0.25, 0.3) is 0 Å². The van der Waals surface area contributed by atoms with Crippen molar-refractivity contribution in [3.05, 3.63) is 30.0 Å². The average Bonchev–Trinajstić information content (AvgIpc) is 2.99. The Morgan fingerprint density at radius 1 is 1.26 bits per heavy atom. The molecule has 1 saturated carbocycles. The van der Waals surface area contributed by atoms with Crippen LogP contribution in [-0.2, 0) is 11.3 Å². The first-order chi connectivity index (χ1) is 11.3. The van der Waals surface area contributed by atoms with Gasteiger partial charge in [-0.1, -0.05) is 0 Å². The van der Waals surface area contributed by atoms with Gasteiger partial charge in [-0.3, -0.25) is 4.90 Å². The lowest BCUT2D eigenvalue weighted by molar-refractivity contribution is 0.0684. The molecular weight excluding hydrogens is 292 g/mol. The van der Waals surface area contributed by atoms with Crippen LogP contribution < -0.4 is 0 Å². The zero-order valence-electron chi connectivity index (χ0n) is 13.7. The van der Waals surface area contributed by atoms with Crippen molar-refractivity contribution in [2.45, 2.75) is 45.3 Å². The van der Waals surface area contributed by atoms with Gasteiger partial charge in [-0.2, -0.15) is 0 Å². The number of hydrogen-bond donors (Lipinski definition) is 0. The Hall–Kier alpha value is -1.59. The molecule has 5 nitrogen and oxygen atoms in total. The minimum Gasteiger partial charge on any atom is -0.472 e. The summed E-state index contributed by atoms with van der Waals surface area (Å²) in [5.41, 5.74) is 1.92. The SMILES string of the molecule is Cc1oc(-c2ccoc2)nc1CN(CC1CC1)CC1CCCO1. The lowest BCUT2D eigenvalue weighted by Crippen LogP contribution is -2.33. The molecule has 0 aromatic carbocycles. The monoisotopic (exact) mass is 316 g/mol. The Labute approximate surface area is 136 Å². The molecule has 3 heterocycles. The van der Waals surface area contributed by atoms with Crippen molar-refractivity contribution in [3.8, 4) is 11.5 Å². The summed E-state index contributed by atoms with van der Waals surface area (Å²) >= 11 is 0. The molecule has 1 saturated heterocycles. The van der Waals surface area contributed by atoms with Gasteiger partial charge in [0, 0.05) is 26.2 Å². The first-order valence-corrected chi connectivity index (χ1v) is 8.61. The maximum atomic E-state index is 5.82. The first-order valence-electron chi connectivity index (χ1n) is 8.61. The van der Waals surface area contributed by atoms with E-state index in [1.165, 1.54) is 25.7 Å². The highest BCUT2D eigenvalue weighted by Crippen LogP contribution is 2.31. The van der Waals surface area contributed by atoms with Gasteiger partial charge in [0.2, 0.25) is 5.89 Å². The molecule has 0 radical (unpaired) electrons. The highest BCUT2D eigenvalue weighted by Gasteiger charge is 2.28. The number of hydrogen-bond acceptors (Lipinski definition) is 5. The predicted molar refractivity (Wildman–Crippen MR) is 85.9 cm³/mol. The third-order valence-corrected chi connectivity index (χ3v) is 4.73. The normalized spacial score (nSPS) is 21.4. The molecule has 1 unspecified atom stereocenters. The van der Waals surface area contributed by atoms with Gasteiger partial charge in [0.05, 0.1) is 23.6 Å². The largest absolute Gasteiger partial charge is 0.472 e. The van der Waals surface area contributed by atoms with E-state index >= 15 is 0 Å². The fraction of sp³-hybridized carbons (Fsp3) is 0.611. The minimum atomic E-state index is 0.384. The number of aryl methyl sites for hydroxylation is 1. The van der Waals surface area contributed by atoms with E-state index in [0.717, 1.165) is 49.2 Å². The minimum absolute atomic E-state index is 0.384. The van der Waals surface area contributed by atoms with Crippen LogP contribution >= 0.6 is 0 Å². The number of ether oxygens (including phenoxy) is 1. The predicted octanol–water partition coefficient (Wildman–Crippen LogP) is 3.63. The highest BCUT2D eigenvalue weighted by molar-refractivity contribution is 5.51. The van der Waals surface area contributed by atoms with Crippen LogP contribution in [0.4, 0.5) is 0 Å². The average molecular weight is 316 g/mol. The number of nitrogens with zero attached hydrogens (tertiary/aromatic N) is 2. The second-order valence-electron chi connectivity index (χ2n) is 6.81. The maximum Gasteiger partial charge on any atom is 0.229 e. The van der Waals surface area contributed by atoms with Gasteiger partial charge in [0.1, 0.15) is 12.0 Å². The van der Waals surface area contributed by atoms with Crippen LogP contribution in [-0.4, -0.2) is 35.7 Å². The number of furan rings is 1. The van der Waals surface area contributed by atoms with E-state index in [4.69, 9.17) is 13.6 Å². The third-order valence-electron chi connectivity index (χ3n) is 4.73. The Bertz CT molecular complexity index is 625. The second kappa shape index (κ2) is 6.49. The molecule has 5 heteroatoms. The standard InChI is InChI=1S/C18H24N2O3/c1-13-17(19-18(23-13)15-6-8-21-12-15)11-20(9-14-4-5-14)10-16-3-2-7-22-16/h6,8,12,14,16H,2-5,7,9-11H2,1H3.